The van der Waals surface area contributed by atoms with Crippen molar-refractivity contribution in [3.05, 3.63) is 35.1 Å². The zero-order valence-corrected chi connectivity index (χ0v) is 10.8. The van der Waals surface area contributed by atoms with Gasteiger partial charge in [0.25, 0.3) is 0 Å². The van der Waals surface area contributed by atoms with Crippen LogP contribution >= 0.6 is 0 Å². The largest absolute Gasteiger partial charge is 0.316 e. The summed E-state index contributed by atoms with van der Waals surface area (Å²) >= 11 is 0. The Morgan fingerprint density at radius 2 is 2.24 bits per heavy atom. The van der Waals surface area contributed by atoms with E-state index in [9.17, 15) is 4.39 Å². The van der Waals surface area contributed by atoms with Crippen LogP contribution in [0.3, 0.4) is 0 Å². The van der Waals surface area contributed by atoms with Crippen LogP contribution in [-0.4, -0.2) is 13.1 Å². The molecule has 94 valence electrons. The monoisotopic (exact) mass is 235 g/mol. The lowest BCUT2D eigenvalue weighted by Crippen LogP contribution is -2.30. The van der Waals surface area contributed by atoms with Crippen LogP contribution in [0, 0.1) is 11.7 Å². The zero-order chi connectivity index (χ0) is 12.3. The Kier molecular flexibility index (Phi) is 4.16. The number of piperidine rings is 1. The van der Waals surface area contributed by atoms with Crippen LogP contribution < -0.4 is 5.32 Å². The number of hydrogen-bond donors (Lipinski definition) is 1. The van der Waals surface area contributed by atoms with Crippen molar-refractivity contribution in [1.29, 1.82) is 0 Å². The van der Waals surface area contributed by atoms with Crippen molar-refractivity contribution in [2.24, 2.45) is 5.92 Å². The molecule has 1 atom stereocenters. The van der Waals surface area contributed by atoms with E-state index in [0.717, 1.165) is 25.1 Å². The van der Waals surface area contributed by atoms with Gasteiger partial charge in [-0.25, -0.2) is 4.39 Å². The van der Waals surface area contributed by atoms with Crippen molar-refractivity contribution < 1.29 is 4.39 Å². The standard InChI is InChI=1S/C15H22FN/c1-11(2)14-9-12(5-6-15(14)16)8-13-4-3-7-17-10-13/h5-6,9,11,13,17H,3-4,7-8,10H2,1-2H3. The second kappa shape index (κ2) is 5.63. The Labute approximate surface area is 103 Å². The molecule has 0 aromatic heterocycles. The second-order valence-electron chi connectivity index (χ2n) is 5.43. The first-order chi connectivity index (χ1) is 8.16. The Bertz CT molecular complexity index is 367. The van der Waals surface area contributed by atoms with Crippen molar-refractivity contribution in [2.45, 2.75) is 39.0 Å². The average Bonchev–Trinajstić information content (AvgIpc) is 2.32. The predicted octanol–water partition coefficient (Wildman–Crippen LogP) is 3.49. The van der Waals surface area contributed by atoms with E-state index in [4.69, 9.17) is 0 Å². The minimum absolute atomic E-state index is 0.0643. The Hall–Kier alpha value is -0.890. The highest BCUT2D eigenvalue weighted by molar-refractivity contribution is 5.27. The molecule has 0 radical (unpaired) electrons. The zero-order valence-electron chi connectivity index (χ0n) is 10.8. The van der Waals surface area contributed by atoms with Gasteiger partial charge in [0, 0.05) is 0 Å². The van der Waals surface area contributed by atoms with Crippen LogP contribution in [0.15, 0.2) is 18.2 Å². The van der Waals surface area contributed by atoms with Gasteiger partial charge >= 0.3 is 0 Å². The van der Waals surface area contributed by atoms with Crippen molar-refractivity contribution in [3.63, 3.8) is 0 Å². The highest BCUT2D eigenvalue weighted by Gasteiger charge is 2.15. The summed E-state index contributed by atoms with van der Waals surface area (Å²) in [5, 5.41) is 3.43. The minimum Gasteiger partial charge on any atom is -0.316 e. The van der Waals surface area contributed by atoms with E-state index < -0.39 is 0 Å². The second-order valence-corrected chi connectivity index (χ2v) is 5.43. The summed E-state index contributed by atoms with van der Waals surface area (Å²) in [6.07, 6.45) is 3.64. The third-order valence-corrected chi connectivity index (χ3v) is 3.61. The molecule has 2 heteroatoms. The maximum absolute atomic E-state index is 13.6. The number of hydrogen-bond acceptors (Lipinski definition) is 1. The molecule has 1 aromatic rings. The molecule has 0 aliphatic carbocycles. The number of halogens is 1. The third kappa shape index (κ3) is 3.29. The quantitative estimate of drug-likeness (QED) is 0.845. The number of benzene rings is 1. The molecule has 1 nitrogen and oxygen atoms in total. The topological polar surface area (TPSA) is 12.0 Å². The average molecular weight is 235 g/mol. The van der Waals surface area contributed by atoms with Gasteiger partial charge in [0.1, 0.15) is 5.82 Å². The fraction of sp³-hybridized carbons (Fsp3) is 0.600. The molecule has 2 rings (SSSR count). The third-order valence-electron chi connectivity index (χ3n) is 3.61. The molecule has 1 aliphatic rings. The molecule has 1 aliphatic heterocycles. The number of rotatable bonds is 3. The fourth-order valence-corrected chi connectivity index (χ4v) is 2.59. The molecule has 1 aromatic carbocycles. The summed E-state index contributed by atoms with van der Waals surface area (Å²) in [6, 6.07) is 5.62. The van der Waals surface area contributed by atoms with Gasteiger partial charge in [-0.15, -0.1) is 0 Å². The van der Waals surface area contributed by atoms with Crippen LogP contribution in [-0.2, 0) is 6.42 Å². The SMILES string of the molecule is CC(C)c1cc(CC2CCCNC2)ccc1F. The Morgan fingerprint density at radius 1 is 1.41 bits per heavy atom. The molecule has 17 heavy (non-hydrogen) atoms. The van der Waals surface area contributed by atoms with Crippen LogP contribution in [0.2, 0.25) is 0 Å². The van der Waals surface area contributed by atoms with Gasteiger partial charge in [-0.05, 0) is 61.4 Å². The molecule has 1 N–H and O–H groups in total. The van der Waals surface area contributed by atoms with Crippen molar-refractivity contribution in [2.75, 3.05) is 13.1 Å². The Balaban J connectivity index is 2.07. The summed E-state index contributed by atoms with van der Waals surface area (Å²) in [4.78, 5) is 0. The van der Waals surface area contributed by atoms with Gasteiger partial charge < -0.3 is 5.32 Å². The first-order valence-electron chi connectivity index (χ1n) is 6.66. The lowest BCUT2D eigenvalue weighted by atomic mass is 9.90. The van der Waals surface area contributed by atoms with E-state index in [2.05, 4.69) is 11.4 Å². The molecule has 0 spiro atoms. The van der Waals surface area contributed by atoms with Crippen molar-refractivity contribution in [3.8, 4) is 0 Å². The van der Waals surface area contributed by atoms with Gasteiger partial charge in [-0.2, -0.15) is 0 Å². The Morgan fingerprint density at radius 3 is 2.88 bits per heavy atom. The van der Waals surface area contributed by atoms with Gasteiger partial charge in [-0.1, -0.05) is 26.0 Å². The van der Waals surface area contributed by atoms with E-state index in [0.29, 0.717) is 5.92 Å². The molecule has 0 amide bonds. The number of nitrogens with one attached hydrogen (secondary N) is 1. The summed E-state index contributed by atoms with van der Waals surface area (Å²) < 4.78 is 13.6. The van der Waals surface area contributed by atoms with Gasteiger partial charge in [0.2, 0.25) is 0 Å². The highest BCUT2D eigenvalue weighted by atomic mass is 19.1. The predicted molar refractivity (Wildman–Crippen MR) is 69.8 cm³/mol. The molecular weight excluding hydrogens is 213 g/mol. The van der Waals surface area contributed by atoms with Crippen molar-refractivity contribution >= 4 is 0 Å². The molecule has 1 fully saturated rings. The van der Waals surface area contributed by atoms with Gasteiger partial charge in [0.05, 0.1) is 0 Å². The molecule has 1 saturated heterocycles. The van der Waals surface area contributed by atoms with Gasteiger partial charge in [0.15, 0.2) is 0 Å². The van der Waals surface area contributed by atoms with Crippen LogP contribution in [0.5, 0.6) is 0 Å². The maximum atomic E-state index is 13.6. The van der Waals surface area contributed by atoms with E-state index in [-0.39, 0.29) is 11.7 Å². The smallest absolute Gasteiger partial charge is 0.126 e. The van der Waals surface area contributed by atoms with E-state index in [1.54, 1.807) is 6.07 Å². The van der Waals surface area contributed by atoms with Crippen LogP contribution in [0.25, 0.3) is 0 Å². The molecule has 0 bridgehead atoms. The van der Waals surface area contributed by atoms with E-state index >= 15 is 0 Å². The van der Waals surface area contributed by atoms with E-state index in [1.165, 1.54) is 18.4 Å². The van der Waals surface area contributed by atoms with Crippen LogP contribution in [0.1, 0.15) is 43.7 Å². The van der Waals surface area contributed by atoms with Crippen molar-refractivity contribution in [1.82, 2.24) is 5.32 Å². The normalized spacial score (nSPS) is 20.8. The lowest BCUT2D eigenvalue weighted by molar-refractivity contribution is 0.376. The minimum atomic E-state index is -0.0643. The maximum Gasteiger partial charge on any atom is 0.126 e. The molecular formula is C15H22FN. The molecule has 0 saturated carbocycles. The summed E-state index contributed by atoms with van der Waals surface area (Å²) in [5.41, 5.74) is 2.13. The molecule has 1 heterocycles. The summed E-state index contributed by atoms with van der Waals surface area (Å²) in [6.45, 7) is 6.35. The molecule has 1 unspecified atom stereocenters. The highest BCUT2D eigenvalue weighted by Crippen LogP contribution is 2.23. The first-order valence-corrected chi connectivity index (χ1v) is 6.66. The fourth-order valence-electron chi connectivity index (χ4n) is 2.59. The van der Waals surface area contributed by atoms with E-state index in [1.807, 2.05) is 19.9 Å². The lowest BCUT2D eigenvalue weighted by Gasteiger charge is -2.23. The summed E-state index contributed by atoms with van der Waals surface area (Å²) in [7, 11) is 0. The van der Waals surface area contributed by atoms with Gasteiger partial charge in [-0.3, -0.25) is 0 Å². The first kappa shape index (κ1) is 12.6. The van der Waals surface area contributed by atoms with Crippen LogP contribution in [0.4, 0.5) is 4.39 Å². The summed E-state index contributed by atoms with van der Waals surface area (Å²) in [5.74, 6) is 0.916.